The van der Waals surface area contributed by atoms with Gasteiger partial charge in [0.1, 0.15) is 5.82 Å². The molecular weight excluding hydrogens is 264 g/mol. The maximum atomic E-state index is 11.0. The minimum atomic E-state index is -1.03. The molecule has 0 aromatic carbocycles. The van der Waals surface area contributed by atoms with E-state index in [1.807, 2.05) is 0 Å². The number of nitrogens with one attached hydrogen (secondary N) is 1. The lowest BCUT2D eigenvalue weighted by atomic mass is 9.99. The predicted molar refractivity (Wildman–Crippen MR) is 78.0 cm³/mol. The molecule has 1 aromatic heterocycles. The summed E-state index contributed by atoms with van der Waals surface area (Å²) in [7, 11) is 0. The van der Waals surface area contributed by atoms with Gasteiger partial charge in [-0.05, 0) is 18.4 Å². The topological polar surface area (TPSA) is 62.2 Å². The molecule has 0 saturated carbocycles. The summed E-state index contributed by atoms with van der Waals surface area (Å²) in [4.78, 5) is 15.1. The first-order valence-corrected chi connectivity index (χ1v) is 7.09. The number of hydrogen-bond acceptors (Lipinski definition) is 3. The van der Waals surface area contributed by atoms with Crippen molar-refractivity contribution in [2.45, 2.75) is 39.5 Å². The lowest BCUT2D eigenvalue weighted by molar-refractivity contribution is 0.0697. The quantitative estimate of drug-likeness (QED) is 0.755. The molecule has 1 unspecified atom stereocenters. The Morgan fingerprint density at radius 1 is 1.53 bits per heavy atom. The van der Waals surface area contributed by atoms with E-state index in [1.165, 1.54) is 25.1 Å². The highest BCUT2D eigenvalue weighted by atomic mass is 35.5. The van der Waals surface area contributed by atoms with Crippen LogP contribution in [0.1, 0.15) is 49.9 Å². The van der Waals surface area contributed by atoms with Crippen LogP contribution in [0.15, 0.2) is 12.3 Å². The van der Waals surface area contributed by atoms with Gasteiger partial charge in [-0.1, -0.05) is 44.7 Å². The molecule has 5 heteroatoms. The number of hydrogen-bond donors (Lipinski definition) is 2. The first kappa shape index (κ1) is 15.8. The Labute approximate surface area is 119 Å². The highest BCUT2D eigenvalue weighted by molar-refractivity contribution is 6.35. The van der Waals surface area contributed by atoms with E-state index in [-0.39, 0.29) is 10.6 Å². The molecule has 0 radical (unpaired) electrons. The molecule has 106 valence electrons. The Kier molecular flexibility index (Phi) is 6.64. The molecule has 1 aromatic rings. The Hall–Kier alpha value is -1.29. The van der Waals surface area contributed by atoms with Gasteiger partial charge in [0.15, 0.2) is 0 Å². The van der Waals surface area contributed by atoms with Gasteiger partial charge in [-0.3, -0.25) is 0 Å². The van der Waals surface area contributed by atoms with Crippen LogP contribution < -0.4 is 5.32 Å². The molecular formula is C14H21ClN2O2. The SMILES string of the molecule is CCCCC(CC)CNc1nccc(C(=O)O)c1Cl. The van der Waals surface area contributed by atoms with Gasteiger partial charge >= 0.3 is 5.97 Å². The number of carboxylic acid groups (broad SMARTS) is 1. The van der Waals surface area contributed by atoms with Crippen molar-refractivity contribution in [3.05, 3.63) is 22.8 Å². The van der Waals surface area contributed by atoms with Crippen LogP contribution in [0.4, 0.5) is 5.82 Å². The number of anilines is 1. The normalized spacial score (nSPS) is 12.2. The molecule has 1 atom stereocenters. The van der Waals surface area contributed by atoms with Crippen LogP contribution in [-0.4, -0.2) is 22.6 Å². The van der Waals surface area contributed by atoms with E-state index >= 15 is 0 Å². The van der Waals surface area contributed by atoms with E-state index in [1.54, 1.807) is 0 Å². The van der Waals surface area contributed by atoms with Crippen LogP contribution in [0.25, 0.3) is 0 Å². The van der Waals surface area contributed by atoms with Gasteiger partial charge in [-0.2, -0.15) is 0 Å². The third kappa shape index (κ3) is 4.71. The second-order valence-corrected chi connectivity index (χ2v) is 5.00. The number of aromatic carboxylic acids is 1. The van der Waals surface area contributed by atoms with Crippen LogP contribution in [-0.2, 0) is 0 Å². The van der Waals surface area contributed by atoms with Crippen molar-refractivity contribution in [2.75, 3.05) is 11.9 Å². The first-order chi connectivity index (χ1) is 9.10. The molecule has 0 bridgehead atoms. The molecule has 4 nitrogen and oxygen atoms in total. The van der Waals surface area contributed by atoms with Crippen LogP contribution in [0.5, 0.6) is 0 Å². The van der Waals surface area contributed by atoms with E-state index in [0.717, 1.165) is 19.4 Å². The predicted octanol–water partition coefficient (Wildman–Crippen LogP) is 4.06. The van der Waals surface area contributed by atoms with Gasteiger partial charge < -0.3 is 10.4 Å². The number of rotatable bonds is 8. The smallest absolute Gasteiger partial charge is 0.337 e. The highest BCUT2D eigenvalue weighted by Crippen LogP contribution is 2.24. The Morgan fingerprint density at radius 2 is 2.26 bits per heavy atom. The van der Waals surface area contributed by atoms with E-state index < -0.39 is 5.97 Å². The van der Waals surface area contributed by atoms with Crippen LogP contribution in [0.3, 0.4) is 0 Å². The number of carboxylic acids is 1. The van der Waals surface area contributed by atoms with Crippen LogP contribution in [0.2, 0.25) is 5.02 Å². The minimum absolute atomic E-state index is 0.0840. The first-order valence-electron chi connectivity index (χ1n) is 6.71. The Morgan fingerprint density at radius 3 is 2.84 bits per heavy atom. The molecule has 1 rings (SSSR count). The lowest BCUT2D eigenvalue weighted by Crippen LogP contribution is -2.15. The average Bonchev–Trinajstić information content (AvgIpc) is 2.40. The number of pyridine rings is 1. The summed E-state index contributed by atoms with van der Waals surface area (Å²) in [6.07, 6.45) is 6.10. The fourth-order valence-corrected chi connectivity index (χ4v) is 2.18. The molecule has 0 aliphatic carbocycles. The number of halogens is 1. The number of aromatic nitrogens is 1. The second-order valence-electron chi connectivity index (χ2n) is 4.62. The van der Waals surface area contributed by atoms with Crippen LogP contribution >= 0.6 is 11.6 Å². The van der Waals surface area contributed by atoms with Crippen molar-refractivity contribution in [1.29, 1.82) is 0 Å². The fraction of sp³-hybridized carbons (Fsp3) is 0.571. The summed E-state index contributed by atoms with van der Waals surface area (Å²) in [5, 5.41) is 12.3. The third-order valence-electron chi connectivity index (χ3n) is 3.22. The maximum Gasteiger partial charge on any atom is 0.337 e. The zero-order valence-corrected chi connectivity index (χ0v) is 12.2. The third-order valence-corrected chi connectivity index (χ3v) is 3.60. The molecule has 0 aliphatic heterocycles. The highest BCUT2D eigenvalue weighted by Gasteiger charge is 2.14. The zero-order valence-electron chi connectivity index (χ0n) is 11.4. The van der Waals surface area contributed by atoms with Crippen molar-refractivity contribution in [3.8, 4) is 0 Å². The number of unbranched alkanes of at least 4 members (excludes halogenated alkanes) is 1. The standard InChI is InChI=1S/C14H21ClN2O2/c1-3-5-6-10(4-2)9-17-13-12(15)11(14(18)19)7-8-16-13/h7-8,10H,3-6,9H2,1-2H3,(H,16,17)(H,18,19). The lowest BCUT2D eigenvalue weighted by Gasteiger charge is -2.16. The number of carbonyl (C=O) groups is 1. The molecule has 0 saturated heterocycles. The monoisotopic (exact) mass is 284 g/mol. The van der Waals surface area contributed by atoms with Crippen LogP contribution in [0, 0.1) is 5.92 Å². The molecule has 0 amide bonds. The summed E-state index contributed by atoms with van der Waals surface area (Å²) in [6.45, 7) is 5.10. The van der Waals surface area contributed by atoms with Gasteiger partial charge in [0.05, 0.1) is 10.6 Å². The summed E-state index contributed by atoms with van der Waals surface area (Å²) in [6, 6.07) is 1.41. The van der Waals surface area contributed by atoms with E-state index in [4.69, 9.17) is 16.7 Å². The molecule has 0 aliphatic rings. The molecule has 0 spiro atoms. The molecule has 1 heterocycles. The van der Waals surface area contributed by atoms with E-state index in [9.17, 15) is 4.79 Å². The maximum absolute atomic E-state index is 11.0. The van der Waals surface area contributed by atoms with Gasteiger partial charge in [0.25, 0.3) is 0 Å². The van der Waals surface area contributed by atoms with E-state index in [0.29, 0.717) is 11.7 Å². The molecule has 19 heavy (non-hydrogen) atoms. The second kappa shape index (κ2) is 8.00. The van der Waals surface area contributed by atoms with Gasteiger partial charge in [0.2, 0.25) is 0 Å². The average molecular weight is 285 g/mol. The van der Waals surface area contributed by atoms with Crippen molar-refractivity contribution < 1.29 is 9.90 Å². The zero-order chi connectivity index (χ0) is 14.3. The largest absolute Gasteiger partial charge is 0.478 e. The Bertz CT molecular complexity index is 424. The minimum Gasteiger partial charge on any atom is -0.478 e. The summed E-state index contributed by atoms with van der Waals surface area (Å²) in [5.74, 6) is -0.0173. The van der Waals surface area contributed by atoms with Gasteiger partial charge in [-0.25, -0.2) is 9.78 Å². The molecule has 0 fully saturated rings. The summed E-state index contributed by atoms with van der Waals surface area (Å²) in [5.41, 5.74) is 0.0840. The summed E-state index contributed by atoms with van der Waals surface area (Å²) < 4.78 is 0. The Balaban J connectivity index is 2.66. The van der Waals surface area contributed by atoms with Gasteiger partial charge in [0, 0.05) is 12.7 Å². The van der Waals surface area contributed by atoms with Crippen molar-refractivity contribution in [3.63, 3.8) is 0 Å². The molecule has 2 N–H and O–H groups in total. The van der Waals surface area contributed by atoms with Gasteiger partial charge in [-0.15, -0.1) is 0 Å². The summed E-state index contributed by atoms with van der Waals surface area (Å²) >= 11 is 6.03. The van der Waals surface area contributed by atoms with Crippen molar-refractivity contribution in [1.82, 2.24) is 4.98 Å². The van der Waals surface area contributed by atoms with E-state index in [2.05, 4.69) is 24.1 Å². The number of nitrogens with zero attached hydrogens (tertiary/aromatic N) is 1. The van der Waals surface area contributed by atoms with Crippen molar-refractivity contribution in [2.24, 2.45) is 5.92 Å². The van der Waals surface area contributed by atoms with Crippen molar-refractivity contribution >= 4 is 23.4 Å². The fourth-order valence-electron chi connectivity index (χ4n) is 1.92.